The van der Waals surface area contributed by atoms with Gasteiger partial charge in [0.25, 0.3) is 0 Å². The average molecular weight is 246 g/mol. The summed E-state index contributed by atoms with van der Waals surface area (Å²) >= 11 is 0. The van der Waals surface area contributed by atoms with Gasteiger partial charge in [-0.2, -0.15) is 0 Å². The number of carbonyl (C=O) groups excluding carboxylic acids is 2. The molecular weight excluding hydrogens is 232 g/mol. The van der Waals surface area contributed by atoms with Crippen molar-refractivity contribution in [3.05, 3.63) is 0 Å². The number of aliphatic hydroxyl groups excluding tert-OH is 2. The van der Waals surface area contributed by atoms with Gasteiger partial charge in [0, 0.05) is 24.8 Å². The smallest absolute Gasteiger partial charge is 0.550 e. The van der Waals surface area contributed by atoms with Gasteiger partial charge in [0.2, 0.25) is 0 Å². The van der Waals surface area contributed by atoms with Crippen molar-refractivity contribution >= 4 is 49.7 Å². The van der Waals surface area contributed by atoms with Gasteiger partial charge in [-0.3, -0.25) is 0 Å². The summed E-state index contributed by atoms with van der Waals surface area (Å²) in [6.07, 6.45) is -2.13. The van der Waals surface area contributed by atoms with Crippen LogP contribution in [0.5, 0.6) is 0 Å². The van der Waals surface area contributed by atoms with E-state index in [0.29, 0.717) is 0 Å². The van der Waals surface area contributed by atoms with Crippen molar-refractivity contribution in [2.24, 2.45) is 0 Å². The minimum atomic E-state index is -1.21. The fraction of sp³-hybridized carbons (Fsp3) is 0.750. The predicted octanol–water partition coefficient (Wildman–Crippen LogP) is -3.37. The quantitative estimate of drug-likeness (QED) is 0.500. The molecule has 2 atom stereocenters. The van der Waals surface area contributed by atoms with E-state index in [1.165, 1.54) is 13.8 Å². The Kier molecular flexibility index (Phi) is 16.7. The zero-order valence-corrected chi connectivity index (χ0v) is 11.0. The van der Waals surface area contributed by atoms with E-state index in [9.17, 15) is 19.8 Å². The Morgan fingerprint density at radius 2 is 1.20 bits per heavy atom. The minimum Gasteiger partial charge on any atom is -0.550 e. The summed E-state index contributed by atoms with van der Waals surface area (Å²) in [6, 6.07) is 0. The Hall–Kier alpha value is 0.120. The summed E-state index contributed by atoms with van der Waals surface area (Å²) in [7, 11) is 0. The van der Waals surface area contributed by atoms with Crippen LogP contribution in [0, 0.1) is 0 Å². The summed E-state index contributed by atoms with van der Waals surface area (Å²) in [4.78, 5) is 19.1. The molecule has 0 aliphatic carbocycles. The van der Waals surface area contributed by atoms with Gasteiger partial charge in [-0.05, 0) is 13.8 Å². The Morgan fingerprint density at radius 1 is 1.00 bits per heavy atom. The third-order valence-electron chi connectivity index (χ3n) is 0.924. The van der Waals surface area contributed by atoms with Gasteiger partial charge in [-0.25, -0.2) is 0 Å². The molecule has 0 aliphatic rings. The molecule has 0 spiro atoms. The van der Waals surface area contributed by atoms with Crippen molar-refractivity contribution in [1.82, 2.24) is 0 Å². The maximum absolute atomic E-state index is 9.54. The first kappa shape index (κ1) is 20.5. The van der Waals surface area contributed by atoms with Crippen LogP contribution in [0.15, 0.2) is 0 Å². The summed E-state index contributed by atoms with van der Waals surface area (Å²) < 4.78 is 0. The van der Waals surface area contributed by atoms with Crippen molar-refractivity contribution in [1.29, 1.82) is 0 Å². The minimum absolute atomic E-state index is 0. The molecular formula is C8H14CaO6. The first-order valence-corrected chi connectivity index (χ1v) is 4.01. The summed E-state index contributed by atoms with van der Waals surface area (Å²) in [5.41, 5.74) is 0. The second kappa shape index (κ2) is 12.2. The van der Waals surface area contributed by atoms with Gasteiger partial charge in [-0.1, -0.05) is 0 Å². The summed E-state index contributed by atoms with van der Waals surface area (Å²) in [6.45, 7) is 2.80. The summed E-state index contributed by atoms with van der Waals surface area (Å²) in [5, 5.41) is 35.7. The molecule has 0 bridgehead atoms. The molecule has 6 nitrogen and oxygen atoms in total. The second-order valence-electron chi connectivity index (χ2n) is 2.85. The van der Waals surface area contributed by atoms with E-state index in [2.05, 4.69) is 0 Å². The van der Waals surface area contributed by atoms with Crippen molar-refractivity contribution < 1.29 is 30.0 Å². The normalized spacial score (nSPS) is 12.5. The number of carbonyl (C=O) groups is 2. The number of aliphatic hydroxyl groups is 2. The van der Waals surface area contributed by atoms with E-state index < -0.39 is 24.1 Å². The molecule has 0 aromatic heterocycles. The molecule has 0 saturated carbocycles. The third-order valence-corrected chi connectivity index (χ3v) is 0.924. The number of rotatable bonds is 4. The number of hydrogen-bond acceptors (Lipinski definition) is 6. The molecule has 2 N–H and O–H groups in total. The predicted molar refractivity (Wildman–Crippen MR) is 48.4 cm³/mol. The van der Waals surface area contributed by atoms with Gasteiger partial charge in [0.1, 0.15) is 0 Å². The third kappa shape index (κ3) is 31.5. The van der Waals surface area contributed by atoms with Crippen molar-refractivity contribution in [3.8, 4) is 0 Å². The molecule has 15 heavy (non-hydrogen) atoms. The van der Waals surface area contributed by atoms with E-state index in [-0.39, 0.29) is 50.6 Å². The van der Waals surface area contributed by atoms with Crippen LogP contribution in [0.1, 0.15) is 26.7 Å². The van der Waals surface area contributed by atoms with Crippen LogP contribution in [-0.2, 0) is 9.59 Å². The zero-order chi connectivity index (χ0) is 11.7. The Labute approximate surface area is 118 Å². The van der Waals surface area contributed by atoms with Gasteiger partial charge in [0.15, 0.2) is 0 Å². The van der Waals surface area contributed by atoms with Crippen LogP contribution in [0.4, 0.5) is 0 Å². The molecule has 0 rings (SSSR count). The van der Waals surface area contributed by atoms with Crippen LogP contribution in [0.3, 0.4) is 0 Å². The maximum atomic E-state index is 9.54. The Bertz CT molecular complexity index is 160. The molecule has 0 unspecified atom stereocenters. The molecule has 84 valence electrons. The van der Waals surface area contributed by atoms with Gasteiger partial charge < -0.3 is 30.0 Å². The van der Waals surface area contributed by atoms with Crippen LogP contribution < -0.4 is 10.2 Å². The van der Waals surface area contributed by atoms with Crippen molar-refractivity contribution in [3.63, 3.8) is 0 Å². The van der Waals surface area contributed by atoms with E-state index >= 15 is 0 Å². The molecule has 0 heterocycles. The standard InChI is InChI=1S/2C4H8O3.Ca/c2*1-3(5)2-4(6)7;/h2*3,5H,2H2,1H3,(H,6,7);/q;;+2/p-2/t2*3-;/m00./s1. The average Bonchev–Trinajstić information content (AvgIpc) is 1.79. The number of aliphatic carboxylic acids is 2. The molecule has 0 fully saturated rings. The maximum Gasteiger partial charge on any atom is 2.00 e. The Balaban J connectivity index is -0.000000180. The molecule has 0 aromatic carbocycles. The monoisotopic (exact) mass is 246 g/mol. The molecule has 0 amide bonds. The van der Waals surface area contributed by atoms with Crippen LogP contribution in [0.2, 0.25) is 0 Å². The summed E-state index contributed by atoms with van der Waals surface area (Å²) in [5.74, 6) is -2.43. The van der Waals surface area contributed by atoms with Gasteiger partial charge >= 0.3 is 37.7 Å². The van der Waals surface area contributed by atoms with E-state index in [1.54, 1.807) is 0 Å². The van der Waals surface area contributed by atoms with Crippen molar-refractivity contribution in [2.75, 3.05) is 0 Å². The topological polar surface area (TPSA) is 121 Å². The molecule has 0 aliphatic heterocycles. The van der Waals surface area contributed by atoms with Crippen molar-refractivity contribution in [2.45, 2.75) is 38.9 Å². The van der Waals surface area contributed by atoms with E-state index in [0.717, 1.165) is 0 Å². The van der Waals surface area contributed by atoms with E-state index in [4.69, 9.17) is 10.2 Å². The van der Waals surface area contributed by atoms with Crippen LogP contribution in [0.25, 0.3) is 0 Å². The molecule has 0 saturated heterocycles. The molecule has 0 aromatic rings. The molecule has 7 heteroatoms. The first-order valence-electron chi connectivity index (χ1n) is 4.01. The molecule has 0 radical (unpaired) electrons. The van der Waals surface area contributed by atoms with E-state index in [1.807, 2.05) is 0 Å². The fourth-order valence-electron chi connectivity index (χ4n) is 0.482. The zero-order valence-electron chi connectivity index (χ0n) is 8.80. The largest absolute Gasteiger partial charge is 2.00 e. The number of carboxylic acid groups (broad SMARTS) is 2. The second-order valence-corrected chi connectivity index (χ2v) is 2.85. The number of hydrogen-bond donors (Lipinski definition) is 2. The van der Waals surface area contributed by atoms with Gasteiger partial charge in [0.05, 0.1) is 12.2 Å². The Morgan fingerprint density at radius 3 is 1.20 bits per heavy atom. The van der Waals surface area contributed by atoms with Gasteiger partial charge in [-0.15, -0.1) is 0 Å². The van der Waals surface area contributed by atoms with Crippen LogP contribution in [-0.4, -0.2) is 72.1 Å². The SMILES string of the molecule is C[C@H](O)CC(=O)[O-].C[C@H](O)CC(=O)[O-].[Ca+2]. The fourth-order valence-corrected chi connectivity index (χ4v) is 0.482. The number of carboxylic acids is 2. The van der Waals surface area contributed by atoms with Crippen LogP contribution >= 0.6 is 0 Å². The first-order chi connectivity index (χ1) is 6.25.